The summed E-state index contributed by atoms with van der Waals surface area (Å²) in [5.41, 5.74) is 5.35. The highest BCUT2D eigenvalue weighted by Gasteiger charge is 2.38. The number of likely N-dealkylation sites (tertiary alicyclic amines) is 1. The maximum absolute atomic E-state index is 12.7. The molecule has 1 aliphatic rings. The van der Waals surface area contributed by atoms with Gasteiger partial charge in [0, 0.05) is 17.6 Å². The number of benzene rings is 1. The molecule has 0 spiro atoms. The summed E-state index contributed by atoms with van der Waals surface area (Å²) in [6.07, 6.45) is 1.48. The summed E-state index contributed by atoms with van der Waals surface area (Å²) < 4.78 is 5.87. The van der Waals surface area contributed by atoms with Crippen molar-refractivity contribution in [2.45, 2.75) is 19.8 Å². The number of methoxy groups -OCH3 is 1. The Morgan fingerprint density at radius 3 is 2.76 bits per heavy atom. The van der Waals surface area contributed by atoms with E-state index < -0.39 is 5.41 Å². The molecule has 2 amide bonds. The van der Waals surface area contributed by atoms with Crippen LogP contribution in [0.5, 0.6) is 5.75 Å². The van der Waals surface area contributed by atoms with Crippen LogP contribution in [-0.2, 0) is 4.79 Å². The van der Waals surface area contributed by atoms with Gasteiger partial charge >= 0.3 is 0 Å². The van der Waals surface area contributed by atoms with Crippen molar-refractivity contribution >= 4 is 27.7 Å². The summed E-state index contributed by atoms with van der Waals surface area (Å²) in [6, 6.07) is 5.26. The highest BCUT2D eigenvalue weighted by molar-refractivity contribution is 9.10. The molecule has 6 heteroatoms. The summed E-state index contributed by atoms with van der Waals surface area (Å²) in [4.78, 5) is 26.0. The number of nitrogens with two attached hydrogens (primary N) is 1. The Hall–Kier alpha value is -1.56. The molecule has 1 aliphatic heterocycles. The molecule has 1 fully saturated rings. The lowest BCUT2D eigenvalue weighted by molar-refractivity contribution is -0.129. The average Bonchev–Trinajstić information content (AvgIpc) is 2.47. The molecule has 0 radical (unpaired) electrons. The molecule has 1 aromatic rings. The minimum atomic E-state index is -0.654. The molecule has 1 saturated heterocycles. The monoisotopic (exact) mass is 354 g/mol. The van der Waals surface area contributed by atoms with Crippen molar-refractivity contribution in [1.29, 1.82) is 0 Å². The van der Waals surface area contributed by atoms with Crippen molar-refractivity contribution in [1.82, 2.24) is 4.90 Å². The molecule has 1 heterocycles. The standard InChI is InChI=1S/C15H19BrN2O3/c1-15(14(17)20)6-3-7-18(9-15)13(19)11-8-10(21-2)4-5-12(11)16/h4-5,8H,3,6-7,9H2,1-2H3,(H2,17,20). The average molecular weight is 355 g/mol. The third-order valence-corrected chi connectivity index (χ3v) is 4.67. The zero-order valence-corrected chi connectivity index (χ0v) is 13.8. The Morgan fingerprint density at radius 2 is 2.14 bits per heavy atom. The number of primary amides is 1. The van der Waals surface area contributed by atoms with Crippen LogP contribution < -0.4 is 10.5 Å². The first-order valence-electron chi connectivity index (χ1n) is 6.80. The molecule has 0 aromatic heterocycles. The molecule has 21 heavy (non-hydrogen) atoms. The molecule has 2 N–H and O–H groups in total. The normalized spacial score (nSPS) is 22.0. The number of hydrogen-bond acceptors (Lipinski definition) is 3. The van der Waals surface area contributed by atoms with Gasteiger partial charge in [0.05, 0.1) is 18.1 Å². The first kappa shape index (κ1) is 15.8. The molecule has 0 aliphatic carbocycles. The van der Waals surface area contributed by atoms with Crippen LogP contribution in [0.3, 0.4) is 0 Å². The van der Waals surface area contributed by atoms with Crippen LogP contribution >= 0.6 is 15.9 Å². The van der Waals surface area contributed by atoms with Crippen molar-refractivity contribution in [3.63, 3.8) is 0 Å². The van der Waals surface area contributed by atoms with Gasteiger partial charge in [0.25, 0.3) is 5.91 Å². The Balaban J connectivity index is 2.26. The molecular formula is C15H19BrN2O3. The minimum Gasteiger partial charge on any atom is -0.497 e. The van der Waals surface area contributed by atoms with Crippen LogP contribution in [-0.4, -0.2) is 36.9 Å². The smallest absolute Gasteiger partial charge is 0.255 e. The molecule has 1 aromatic carbocycles. The van der Waals surface area contributed by atoms with Crippen molar-refractivity contribution < 1.29 is 14.3 Å². The van der Waals surface area contributed by atoms with Gasteiger partial charge in [-0.25, -0.2) is 0 Å². The minimum absolute atomic E-state index is 0.118. The second kappa shape index (κ2) is 6.05. The predicted molar refractivity (Wildman–Crippen MR) is 83.1 cm³/mol. The lowest BCUT2D eigenvalue weighted by Gasteiger charge is -2.38. The molecule has 1 atom stereocenters. The number of piperidine rings is 1. The number of carbonyl (C=O) groups is 2. The van der Waals surface area contributed by atoms with E-state index in [1.54, 1.807) is 30.2 Å². The molecule has 2 rings (SSSR count). The maximum Gasteiger partial charge on any atom is 0.255 e. The molecule has 5 nitrogen and oxygen atoms in total. The van der Waals surface area contributed by atoms with Crippen LogP contribution in [0.2, 0.25) is 0 Å². The van der Waals surface area contributed by atoms with Gasteiger partial charge in [0.1, 0.15) is 5.75 Å². The van der Waals surface area contributed by atoms with Crippen molar-refractivity contribution in [3.8, 4) is 5.75 Å². The van der Waals surface area contributed by atoms with E-state index in [1.165, 1.54) is 0 Å². The van der Waals surface area contributed by atoms with Crippen molar-refractivity contribution in [2.75, 3.05) is 20.2 Å². The summed E-state index contributed by atoms with van der Waals surface area (Å²) in [5.74, 6) is 0.147. The Morgan fingerprint density at radius 1 is 1.43 bits per heavy atom. The zero-order valence-electron chi connectivity index (χ0n) is 12.2. The quantitative estimate of drug-likeness (QED) is 0.903. The first-order chi connectivity index (χ1) is 9.87. The van der Waals surface area contributed by atoms with Crippen LogP contribution in [0.25, 0.3) is 0 Å². The Labute approximate surface area is 132 Å². The van der Waals surface area contributed by atoms with Crippen LogP contribution in [0.1, 0.15) is 30.1 Å². The van der Waals surface area contributed by atoms with Gasteiger partial charge in [-0.2, -0.15) is 0 Å². The molecule has 1 unspecified atom stereocenters. The van der Waals surface area contributed by atoms with E-state index in [0.29, 0.717) is 35.3 Å². The van der Waals surface area contributed by atoms with Crippen LogP contribution in [0.4, 0.5) is 0 Å². The fourth-order valence-electron chi connectivity index (χ4n) is 2.58. The Kier molecular flexibility index (Phi) is 4.56. The van der Waals surface area contributed by atoms with Gasteiger partial charge in [-0.15, -0.1) is 0 Å². The third kappa shape index (κ3) is 3.20. The van der Waals surface area contributed by atoms with Gasteiger partial charge in [0.15, 0.2) is 0 Å². The maximum atomic E-state index is 12.7. The summed E-state index contributed by atoms with van der Waals surface area (Å²) in [5, 5.41) is 0. The summed E-state index contributed by atoms with van der Waals surface area (Å²) in [7, 11) is 1.56. The van der Waals surface area contributed by atoms with Gasteiger partial charge in [0.2, 0.25) is 5.91 Å². The van der Waals surface area contributed by atoms with E-state index in [4.69, 9.17) is 10.5 Å². The van der Waals surface area contributed by atoms with E-state index in [0.717, 1.165) is 6.42 Å². The third-order valence-electron chi connectivity index (χ3n) is 3.98. The van der Waals surface area contributed by atoms with Crippen molar-refractivity contribution in [3.05, 3.63) is 28.2 Å². The van der Waals surface area contributed by atoms with Gasteiger partial charge in [-0.1, -0.05) is 0 Å². The number of nitrogens with zero attached hydrogens (tertiary/aromatic N) is 1. The van der Waals surface area contributed by atoms with Crippen LogP contribution in [0, 0.1) is 5.41 Å². The number of hydrogen-bond donors (Lipinski definition) is 1. The number of ether oxygens (including phenoxy) is 1. The number of halogens is 1. The summed E-state index contributed by atoms with van der Waals surface area (Å²) >= 11 is 3.39. The number of carbonyl (C=O) groups excluding carboxylic acids is 2. The summed E-state index contributed by atoms with van der Waals surface area (Å²) in [6.45, 7) is 2.80. The molecule has 0 saturated carbocycles. The highest BCUT2D eigenvalue weighted by atomic mass is 79.9. The fourth-order valence-corrected chi connectivity index (χ4v) is 3.00. The lowest BCUT2D eigenvalue weighted by atomic mass is 9.81. The van der Waals surface area contributed by atoms with Gasteiger partial charge in [-0.3, -0.25) is 9.59 Å². The SMILES string of the molecule is COc1ccc(Br)c(C(=O)N2CCCC(C)(C(N)=O)C2)c1. The predicted octanol–water partition coefficient (Wildman–Crippen LogP) is 2.19. The van der Waals surface area contributed by atoms with Gasteiger partial charge < -0.3 is 15.4 Å². The molecule has 114 valence electrons. The van der Waals surface area contributed by atoms with E-state index in [9.17, 15) is 9.59 Å². The molecular weight excluding hydrogens is 336 g/mol. The second-order valence-corrected chi connectivity index (χ2v) is 6.46. The topological polar surface area (TPSA) is 72.6 Å². The fraction of sp³-hybridized carbons (Fsp3) is 0.467. The van der Waals surface area contributed by atoms with E-state index >= 15 is 0 Å². The lowest BCUT2D eigenvalue weighted by Crippen LogP contribution is -2.50. The first-order valence-corrected chi connectivity index (χ1v) is 7.59. The molecule has 0 bridgehead atoms. The highest BCUT2D eigenvalue weighted by Crippen LogP contribution is 2.31. The van der Waals surface area contributed by atoms with Crippen molar-refractivity contribution in [2.24, 2.45) is 11.1 Å². The zero-order chi connectivity index (χ0) is 15.6. The van der Waals surface area contributed by atoms with E-state index in [1.807, 2.05) is 6.92 Å². The number of amides is 2. The Bertz CT molecular complexity index is 576. The second-order valence-electron chi connectivity index (χ2n) is 5.60. The van der Waals surface area contributed by atoms with Gasteiger partial charge in [-0.05, 0) is 53.9 Å². The largest absolute Gasteiger partial charge is 0.497 e. The van der Waals surface area contributed by atoms with E-state index in [2.05, 4.69) is 15.9 Å². The number of rotatable bonds is 3. The van der Waals surface area contributed by atoms with Crippen LogP contribution in [0.15, 0.2) is 22.7 Å². The van der Waals surface area contributed by atoms with E-state index in [-0.39, 0.29) is 11.8 Å².